The number of rotatable bonds is 0. The fraction of sp³-hybridized carbons (Fsp3) is 1.00. The quantitative estimate of drug-likeness (QED) is 0.525. The minimum Gasteiger partial charge on any atom is -0.0591 e. The van der Waals surface area contributed by atoms with Gasteiger partial charge in [-0.1, -0.05) is 46.5 Å². The van der Waals surface area contributed by atoms with Crippen LogP contribution in [-0.4, -0.2) is 0 Å². The van der Waals surface area contributed by atoms with Gasteiger partial charge in [-0.3, -0.25) is 0 Å². The lowest BCUT2D eigenvalue weighted by Gasteiger charge is -2.34. The second-order valence-electron chi connectivity index (χ2n) is 8.18. The van der Waals surface area contributed by atoms with Crippen LogP contribution in [0.3, 0.4) is 0 Å². The second kappa shape index (κ2) is 4.00. The van der Waals surface area contributed by atoms with E-state index in [9.17, 15) is 0 Å². The fourth-order valence-corrected chi connectivity index (χ4v) is 5.29. The molecule has 0 aromatic heterocycles. The SMILES string of the molecule is C1CC2CCC1C2.CC12CCC(CC1)C2(C)C. The van der Waals surface area contributed by atoms with Crippen molar-refractivity contribution in [2.24, 2.45) is 28.6 Å². The maximum absolute atomic E-state index is 2.49. The zero-order valence-electron chi connectivity index (χ0n) is 12.1. The summed E-state index contributed by atoms with van der Waals surface area (Å²) in [5.74, 6) is 3.40. The van der Waals surface area contributed by atoms with E-state index in [0.717, 1.165) is 5.92 Å². The van der Waals surface area contributed by atoms with Crippen molar-refractivity contribution in [3.63, 3.8) is 0 Å². The molecular formula is C17H30. The summed E-state index contributed by atoms with van der Waals surface area (Å²) in [7, 11) is 0. The second-order valence-corrected chi connectivity index (χ2v) is 8.18. The number of hydrogen-bond acceptors (Lipinski definition) is 0. The van der Waals surface area contributed by atoms with Gasteiger partial charge < -0.3 is 0 Å². The van der Waals surface area contributed by atoms with Crippen molar-refractivity contribution in [1.29, 1.82) is 0 Å². The highest BCUT2D eigenvalue weighted by atomic mass is 14.6. The van der Waals surface area contributed by atoms with E-state index in [1.54, 1.807) is 32.1 Å². The molecule has 4 fully saturated rings. The van der Waals surface area contributed by atoms with Crippen LogP contribution in [0.25, 0.3) is 0 Å². The molecule has 4 bridgehead atoms. The Hall–Kier alpha value is 0. The maximum Gasteiger partial charge on any atom is -0.0272 e. The largest absolute Gasteiger partial charge is 0.0591 e. The molecule has 0 aromatic rings. The van der Waals surface area contributed by atoms with E-state index in [0.29, 0.717) is 10.8 Å². The molecule has 17 heavy (non-hydrogen) atoms. The van der Waals surface area contributed by atoms with E-state index in [1.165, 1.54) is 37.5 Å². The molecule has 0 N–H and O–H groups in total. The van der Waals surface area contributed by atoms with E-state index in [2.05, 4.69) is 20.8 Å². The van der Waals surface area contributed by atoms with Gasteiger partial charge in [-0.2, -0.15) is 0 Å². The normalized spacial score (nSPS) is 49.2. The molecule has 4 rings (SSSR count). The molecule has 4 aliphatic rings. The van der Waals surface area contributed by atoms with E-state index in [4.69, 9.17) is 0 Å². The molecule has 0 spiro atoms. The first-order valence-electron chi connectivity index (χ1n) is 8.01. The molecule has 0 saturated heterocycles. The van der Waals surface area contributed by atoms with Gasteiger partial charge in [0.25, 0.3) is 0 Å². The Morgan fingerprint density at radius 2 is 1.18 bits per heavy atom. The van der Waals surface area contributed by atoms with Crippen LogP contribution in [0.1, 0.15) is 78.6 Å². The predicted octanol–water partition coefficient (Wildman–Crippen LogP) is 5.42. The molecule has 0 radical (unpaired) electrons. The maximum atomic E-state index is 2.49. The molecule has 0 unspecified atom stereocenters. The Balaban J connectivity index is 0.000000113. The van der Waals surface area contributed by atoms with Gasteiger partial charge in [-0.15, -0.1) is 0 Å². The van der Waals surface area contributed by atoms with Gasteiger partial charge in [-0.05, 0) is 60.7 Å². The summed E-state index contributed by atoms with van der Waals surface area (Å²) in [5.41, 5.74) is 1.37. The van der Waals surface area contributed by atoms with Crippen LogP contribution in [0.15, 0.2) is 0 Å². The standard InChI is InChI=1S/C10H18.C7H12/c1-9(2)8-4-6-10(9,3)7-5-8;1-2-7-4-3-6(1)5-7/h8H,4-7H2,1-3H3;6-7H,1-5H2. The molecule has 0 heterocycles. The smallest absolute Gasteiger partial charge is 0.0272 e. The zero-order chi connectivity index (χ0) is 12.1. The van der Waals surface area contributed by atoms with Gasteiger partial charge in [0, 0.05) is 0 Å². The Bertz CT molecular complexity index is 260. The Morgan fingerprint density at radius 3 is 1.29 bits per heavy atom. The zero-order valence-corrected chi connectivity index (χ0v) is 12.1. The summed E-state index contributed by atoms with van der Waals surface area (Å²) < 4.78 is 0. The highest BCUT2D eigenvalue weighted by Crippen LogP contribution is 2.65. The minimum atomic E-state index is 0.660. The van der Waals surface area contributed by atoms with Crippen LogP contribution in [0.4, 0.5) is 0 Å². The van der Waals surface area contributed by atoms with Gasteiger partial charge in [0.2, 0.25) is 0 Å². The van der Waals surface area contributed by atoms with Crippen LogP contribution in [0, 0.1) is 28.6 Å². The third kappa shape index (κ3) is 1.87. The van der Waals surface area contributed by atoms with Crippen molar-refractivity contribution in [2.45, 2.75) is 78.6 Å². The lowest BCUT2D eigenvalue weighted by Crippen LogP contribution is -2.26. The van der Waals surface area contributed by atoms with Crippen LogP contribution in [0.2, 0.25) is 0 Å². The first-order chi connectivity index (χ1) is 8.01. The Labute approximate surface area is 108 Å². The fourth-order valence-electron chi connectivity index (χ4n) is 5.29. The highest BCUT2D eigenvalue weighted by Gasteiger charge is 2.55. The summed E-state index contributed by atoms with van der Waals surface area (Å²) >= 11 is 0. The molecule has 0 aliphatic heterocycles. The van der Waals surface area contributed by atoms with E-state index < -0.39 is 0 Å². The molecule has 0 atom stereocenters. The van der Waals surface area contributed by atoms with Crippen LogP contribution < -0.4 is 0 Å². The summed E-state index contributed by atoms with van der Waals surface area (Å²) in [6.07, 6.45) is 13.8. The van der Waals surface area contributed by atoms with Crippen molar-refractivity contribution in [3.8, 4) is 0 Å². The third-order valence-corrected chi connectivity index (χ3v) is 7.30. The summed E-state index contributed by atoms with van der Waals surface area (Å²) in [5, 5.41) is 0. The average Bonchev–Trinajstić information content (AvgIpc) is 3.02. The van der Waals surface area contributed by atoms with Gasteiger partial charge in [0.1, 0.15) is 0 Å². The molecule has 0 aromatic carbocycles. The topological polar surface area (TPSA) is 0 Å². The minimum absolute atomic E-state index is 0.660. The summed E-state index contributed by atoms with van der Waals surface area (Å²) in [4.78, 5) is 0. The van der Waals surface area contributed by atoms with E-state index >= 15 is 0 Å². The van der Waals surface area contributed by atoms with Crippen LogP contribution in [0.5, 0.6) is 0 Å². The number of hydrogen-bond donors (Lipinski definition) is 0. The lowest BCUT2D eigenvalue weighted by molar-refractivity contribution is 0.152. The van der Waals surface area contributed by atoms with Gasteiger partial charge in [0.05, 0.1) is 0 Å². The van der Waals surface area contributed by atoms with Crippen molar-refractivity contribution in [3.05, 3.63) is 0 Å². The van der Waals surface area contributed by atoms with E-state index in [-0.39, 0.29) is 0 Å². The first kappa shape index (κ1) is 12.1. The van der Waals surface area contributed by atoms with Crippen LogP contribution >= 0.6 is 0 Å². The van der Waals surface area contributed by atoms with Crippen molar-refractivity contribution < 1.29 is 0 Å². The Morgan fingerprint density at radius 1 is 0.706 bits per heavy atom. The van der Waals surface area contributed by atoms with Gasteiger partial charge >= 0.3 is 0 Å². The Kier molecular flexibility index (Phi) is 2.84. The van der Waals surface area contributed by atoms with Crippen molar-refractivity contribution in [1.82, 2.24) is 0 Å². The predicted molar refractivity (Wildman–Crippen MR) is 73.9 cm³/mol. The molecule has 0 amide bonds. The van der Waals surface area contributed by atoms with Crippen molar-refractivity contribution >= 4 is 0 Å². The van der Waals surface area contributed by atoms with Gasteiger partial charge in [0.15, 0.2) is 0 Å². The molecule has 4 saturated carbocycles. The van der Waals surface area contributed by atoms with Gasteiger partial charge in [-0.25, -0.2) is 0 Å². The monoisotopic (exact) mass is 234 g/mol. The molecule has 0 nitrogen and oxygen atoms in total. The third-order valence-electron chi connectivity index (χ3n) is 7.30. The first-order valence-corrected chi connectivity index (χ1v) is 8.01. The highest BCUT2D eigenvalue weighted by molar-refractivity contribution is 5.05. The molecule has 0 heteroatoms. The molecular weight excluding hydrogens is 204 g/mol. The molecule has 98 valence electrons. The van der Waals surface area contributed by atoms with Crippen molar-refractivity contribution in [2.75, 3.05) is 0 Å². The van der Waals surface area contributed by atoms with Crippen LogP contribution in [-0.2, 0) is 0 Å². The summed E-state index contributed by atoms with van der Waals surface area (Å²) in [6.45, 7) is 7.43. The summed E-state index contributed by atoms with van der Waals surface area (Å²) in [6, 6.07) is 0. The molecule has 4 aliphatic carbocycles. The average molecular weight is 234 g/mol. The lowest BCUT2D eigenvalue weighted by atomic mass is 9.71. The number of fused-ring (bicyclic) bond motifs is 4. The van der Waals surface area contributed by atoms with E-state index in [1.807, 2.05) is 0 Å².